The number of allylic oxidation sites excluding steroid dienone is 5. The molecule has 0 amide bonds. The summed E-state index contributed by atoms with van der Waals surface area (Å²) in [6.45, 7) is 73.8. The first-order valence-corrected chi connectivity index (χ1v) is 43.3. The lowest BCUT2D eigenvalue weighted by atomic mass is 9.80. The zero-order valence-electron chi connectivity index (χ0n) is 80.2. The maximum atomic E-state index is 13.3. The number of aromatic nitrogens is 3. The van der Waals surface area contributed by atoms with Crippen LogP contribution in [-0.4, -0.2) is 92.3 Å². The van der Waals surface area contributed by atoms with E-state index in [2.05, 4.69) is 218 Å². The predicted molar refractivity (Wildman–Crippen MR) is 517 cm³/mol. The number of esters is 3. The van der Waals surface area contributed by atoms with Crippen LogP contribution in [0.15, 0.2) is 104 Å². The molecular weight excluding hydrogens is 1570 g/mol. The van der Waals surface area contributed by atoms with E-state index in [0.717, 1.165) is 49.3 Å². The number of halogens is 5. The summed E-state index contributed by atoms with van der Waals surface area (Å²) in [6.07, 6.45) is 33.5. The molecule has 121 heavy (non-hydrogen) atoms. The largest absolute Gasteiger partial charge is 0.463 e. The number of nitro benzene ring substituents is 1. The Morgan fingerprint density at radius 2 is 1.01 bits per heavy atom. The third-order valence-electron chi connectivity index (χ3n) is 17.1. The van der Waals surface area contributed by atoms with Gasteiger partial charge in [-0.15, -0.1) is 23.2 Å². The summed E-state index contributed by atoms with van der Waals surface area (Å²) in [5.41, 5.74) is 7.53. The summed E-state index contributed by atoms with van der Waals surface area (Å²) in [5.74, 6) is -2.58. The molecule has 0 bridgehead atoms. The van der Waals surface area contributed by atoms with Gasteiger partial charge in [0.25, 0.3) is 11.6 Å². The van der Waals surface area contributed by atoms with Gasteiger partial charge in [0, 0.05) is 80.1 Å². The standard InChI is InChI=1S/C12H18O7.C11H17N.C10H12F3N.C10H13NO2.C10H15N.C10H22.C9H18.2C8H15Cl.C8H16O.C2H6.4CH4/c1-6-11(18-8(3)14)12(19-9(4)15)10(17-6)5-16-7(2)13;1-9-5-6-10(8-12-9)7-11(2,3)4;1-5-6(10(2,3)4)7(11)9(13)14-8(5)12;1-10(2,3)8-4-6-9(7-5-8)11(12)13;1-10(2,3)7-9-5-4-6-11-8-9;1-5-6-7-8-9-10(2,3)4;1-9(2,3)8-6-4-5-7-8;3*1-8(2,3)6-4-5-7-9;1-2;;;;/h6,10-12H,5H2,1-4H3;5-6,8H,7H2,1-4H3;1-4H3;4-7H,1-3H3;4-6,8H,7H2,1-3H3;5-9H2,1-4H3;8H,4-7H2,1-3H3;2*4-5H,6-7H2,1-3H3;4-5,9H,6-7H2,1-3H3;1-2H3;4*1H4/b;;;;;;;5-4+;5-4-;5-4+;;;;;/t6-,10+,11-,12-;;;;;;;;;;;;;;/m0............../s1. The Labute approximate surface area is 751 Å². The highest BCUT2D eigenvalue weighted by Gasteiger charge is 2.47. The van der Waals surface area contributed by atoms with Gasteiger partial charge in [0.15, 0.2) is 18.0 Å². The average molecular weight is 1750 g/mol. The maximum absolute atomic E-state index is 13.3. The summed E-state index contributed by atoms with van der Waals surface area (Å²) in [6, 6.07) is 15.0. The molecule has 4 atom stereocenters. The van der Waals surface area contributed by atoms with Crippen LogP contribution < -0.4 is 0 Å². The number of aryl methyl sites for hydroxylation is 1. The molecule has 1 aliphatic carbocycles. The van der Waals surface area contributed by atoms with Crippen molar-refractivity contribution in [2.45, 2.75) is 404 Å². The van der Waals surface area contributed by atoms with Crippen LogP contribution in [0.2, 0.25) is 0 Å². The van der Waals surface area contributed by atoms with E-state index in [4.69, 9.17) is 47.3 Å². The van der Waals surface area contributed by atoms with Gasteiger partial charge < -0.3 is 24.1 Å². The van der Waals surface area contributed by atoms with Crippen molar-refractivity contribution in [2.75, 3.05) is 25.0 Å². The fourth-order valence-electron chi connectivity index (χ4n) is 11.2. The van der Waals surface area contributed by atoms with E-state index in [1.807, 2.05) is 63.7 Å². The number of hydrogen-bond donors (Lipinski definition) is 1. The SMILES string of the molecule is C.C.C.C.CC.CC(=O)OC[C@H]1O[C@@H](C)[C@H](OC(C)=O)[C@H]1OC(C)=O.CC(C)(C)C/C=C/CCl.CC(C)(C)C/C=C/CO.CC(C)(C)C/C=C\CCl.CC(C)(C)C1CCCC1.CC(C)(C)Cc1cccnc1.CC(C)(C)c1ccc([N+](=O)[O-])cc1.CCCCCCC(C)(C)C.Cc1c(F)nc(F)c(F)c1C(C)(C)C.Cc1ccc(CC(C)(C)C)cn1. The highest BCUT2D eigenvalue weighted by atomic mass is 35.5. The van der Waals surface area contributed by atoms with Crippen LogP contribution in [0.4, 0.5) is 18.9 Å². The molecule has 706 valence electrons. The van der Waals surface area contributed by atoms with Crippen LogP contribution in [-0.2, 0) is 57.0 Å². The van der Waals surface area contributed by atoms with E-state index in [-0.39, 0.29) is 70.1 Å². The number of pyridine rings is 3. The number of rotatable bonds is 17. The number of hydrogen-bond acceptors (Lipinski definition) is 13. The lowest BCUT2D eigenvalue weighted by molar-refractivity contribution is -0.384. The molecule has 1 N–H and O–H groups in total. The van der Waals surface area contributed by atoms with Crippen LogP contribution in [0.25, 0.3) is 0 Å². The molecule has 2 aliphatic rings. The first-order valence-electron chi connectivity index (χ1n) is 42.2. The van der Waals surface area contributed by atoms with Crippen molar-refractivity contribution in [3.8, 4) is 0 Å². The number of nitrogens with zero attached hydrogens (tertiary/aromatic N) is 4. The third kappa shape index (κ3) is 78.5. The van der Waals surface area contributed by atoms with E-state index in [0.29, 0.717) is 49.7 Å². The van der Waals surface area contributed by atoms with Crippen molar-refractivity contribution in [3.05, 3.63) is 165 Å². The Morgan fingerprint density at radius 1 is 0.570 bits per heavy atom. The second-order valence-corrected chi connectivity index (χ2v) is 40.8. The third-order valence-corrected chi connectivity index (χ3v) is 17.4. The number of carbonyl (C=O) groups is 3. The highest BCUT2D eigenvalue weighted by molar-refractivity contribution is 6.19. The van der Waals surface area contributed by atoms with Gasteiger partial charge in [0.05, 0.1) is 17.6 Å². The van der Waals surface area contributed by atoms with Crippen molar-refractivity contribution in [3.63, 3.8) is 0 Å². The smallest absolute Gasteiger partial charge is 0.303 e. The van der Waals surface area contributed by atoms with E-state index in [1.54, 1.807) is 58.0 Å². The maximum Gasteiger partial charge on any atom is 0.303 e. The molecule has 1 aliphatic heterocycles. The Morgan fingerprint density at radius 3 is 1.33 bits per heavy atom. The minimum Gasteiger partial charge on any atom is -0.463 e. The second-order valence-electron chi connectivity index (χ2n) is 40.2. The molecule has 0 radical (unpaired) electrons. The van der Waals surface area contributed by atoms with Crippen molar-refractivity contribution >= 4 is 46.8 Å². The molecule has 4 aromatic rings. The minimum atomic E-state index is -1.38. The van der Waals surface area contributed by atoms with Crippen LogP contribution in [0, 0.1) is 85.5 Å². The number of nitro groups is 1. The number of non-ortho nitro benzene ring substituents is 1. The number of unbranched alkanes of at least 4 members (excludes halogenated alkanes) is 3. The molecule has 1 aromatic carbocycles. The molecule has 3 aromatic heterocycles. The molecule has 14 nitrogen and oxygen atoms in total. The van der Waals surface area contributed by atoms with E-state index < -0.39 is 65.5 Å². The second kappa shape index (κ2) is 67.4. The zero-order chi connectivity index (χ0) is 92.2. The summed E-state index contributed by atoms with van der Waals surface area (Å²) >= 11 is 10.9. The van der Waals surface area contributed by atoms with E-state index >= 15 is 0 Å². The zero-order valence-corrected chi connectivity index (χ0v) is 81.7. The molecule has 0 spiro atoms. The molecule has 0 unspecified atom stereocenters. The molecule has 1 saturated carbocycles. The molecule has 4 heterocycles. The summed E-state index contributed by atoms with van der Waals surface area (Å²) in [4.78, 5) is 54.1. The fourth-order valence-corrected chi connectivity index (χ4v) is 11.5. The van der Waals surface area contributed by atoms with Gasteiger partial charge in [-0.05, 0) is 156 Å². The van der Waals surface area contributed by atoms with Crippen LogP contribution in [0.3, 0.4) is 0 Å². The molecule has 2 fully saturated rings. The Hall–Kier alpha value is -6.01. The molecule has 1 saturated heterocycles. The summed E-state index contributed by atoms with van der Waals surface area (Å²) in [5, 5.41) is 18.7. The van der Waals surface area contributed by atoms with E-state index in [1.165, 1.54) is 96.6 Å². The predicted octanol–water partition coefficient (Wildman–Crippen LogP) is 31.0. The monoisotopic (exact) mass is 1750 g/mol. The van der Waals surface area contributed by atoms with Gasteiger partial charge in [-0.1, -0.05) is 337 Å². The van der Waals surface area contributed by atoms with Crippen molar-refractivity contribution in [1.82, 2.24) is 15.0 Å². The Kier molecular flexibility index (Phi) is 74.0. The number of carbonyl (C=O) groups excluding carboxylic acids is 3. The van der Waals surface area contributed by atoms with Crippen molar-refractivity contribution < 1.29 is 56.5 Å². The van der Waals surface area contributed by atoms with Gasteiger partial charge >= 0.3 is 17.9 Å². The summed E-state index contributed by atoms with van der Waals surface area (Å²) in [7, 11) is 0. The first-order chi connectivity index (χ1) is 53.4. The van der Waals surface area contributed by atoms with Crippen LogP contribution >= 0.6 is 23.2 Å². The molecule has 19 heteroatoms. The fraction of sp³-hybridized carbons (Fsp3) is 0.706. The van der Waals surface area contributed by atoms with Crippen molar-refractivity contribution in [2.24, 2.45) is 43.8 Å². The van der Waals surface area contributed by atoms with Gasteiger partial charge in [-0.2, -0.15) is 13.8 Å². The minimum absolute atomic E-state index is 0. The molecular formula is C102H183Cl2F3N4O10. The number of alkyl halides is 2. The first kappa shape index (κ1) is 133. The quantitative estimate of drug-likeness (QED) is 0.0154. The van der Waals surface area contributed by atoms with Crippen molar-refractivity contribution in [1.29, 1.82) is 0 Å². The summed E-state index contributed by atoms with van der Waals surface area (Å²) < 4.78 is 59.7. The Bertz CT molecular complexity index is 3260. The van der Waals surface area contributed by atoms with Gasteiger partial charge in [-0.25, -0.2) is 4.39 Å². The lowest BCUT2D eigenvalue weighted by Gasteiger charge is -2.26. The lowest BCUT2D eigenvalue weighted by Crippen LogP contribution is -2.40. The van der Waals surface area contributed by atoms with Crippen LogP contribution in [0.5, 0.6) is 0 Å². The number of aliphatic hydroxyl groups excluding tert-OH is 1. The van der Waals surface area contributed by atoms with Gasteiger partial charge in [0.1, 0.15) is 12.7 Å². The van der Waals surface area contributed by atoms with Crippen LogP contribution in [0.1, 0.15) is 376 Å². The number of aliphatic hydroxyl groups is 1. The van der Waals surface area contributed by atoms with Gasteiger partial charge in [-0.3, -0.25) is 34.5 Å². The topological polar surface area (TPSA) is 190 Å². The number of ether oxygens (including phenoxy) is 4. The average Bonchev–Trinajstić information content (AvgIpc) is 1.55. The normalized spacial score (nSPS) is 15.1. The highest BCUT2D eigenvalue weighted by Crippen LogP contribution is 2.39. The van der Waals surface area contributed by atoms with E-state index in [9.17, 15) is 37.7 Å². The van der Waals surface area contributed by atoms with Gasteiger partial charge in [0.2, 0.25) is 5.95 Å². The number of benzene rings is 1. The molecule has 6 rings (SSSR count). The Balaban J connectivity index is -0.000000165.